The number of pyridine rings is 1. The van der Waals surface area contributed by atoms with E-state index in [4.69, 9.17) is 0 Å². The van der Waals surface area contributed by atoms with Crippen molar-refractivity contribution in [3.63, 3.8) is 0 Å². The molecule has 2 aromatic heterocycles. The van der Waals surface area contributed by atoms with Crippen molar-refractivity contribution in [1.29, 1.82) is 0 Å². The number of benzene rings is 2. The van der Waals surface area contributed by atoms with Crippen molar-refractivity contribution in [2.75, 3.05) is 10.0 Å². The van der Waals surface area contributed by atoms with Crippen LogP contribution in [0.1, 0.15) is 10.5 Å². The van der Waals surface area contributed by atoms with Gasteiger partial charge in [0.2, 0.25) is 0 Å². The lowest BCUT2D eigenvalue weighted by atomic mass is 10.2. The lowest BCUT2D eigenvalue weighted by molar-refractivity contribution is 0.102. The first-order valence-corrected chi connectivity index (χ1v) is 11.3. The topological polar surface area (TPSA) is 132 Å². The third-order valence-electron chi connectivity index (χ3n) is 5.03. The maximum absolute atomic E-state index is 13.3. The predicted octanol–water partition coefficient (Wildman–Crippen LogP) is 1.82. The van der Waals surface area contributed by atoms with E-state index >= 15 is 0 Å². The molecular formula is C22H18FN5O5S. The van der Waals surface area contributed by atoms with Gasteiger partial charge in [-0.2, -0.15) is 0 Å². The predicted molar refractivity (Wildman–Crippen MR) is 124 cm³/mol. The lowest BCUT2D eigenvalue weighted by Gasteiger charge is -2.10. The van der Waals surface area contributed by atoms with E-state index in [0.717, 1.165) is 10.6 Å². The minimum absolute atomic E-state index is 0.0415. The van der Waals surface area contributed by atoms with E-state index in [1.54, 1.807) is 0 Å². The Hall–Kier alpha value is -4.32. The molecule has 12 heteroatoms. The SMILES string of the molecule is Cn1c(=O)c2ccc(C(=O)Nc3ccc(S(=O)(=O)Nc4cccc(F)c4)cc3)nc2n(C)c1=O. The molecule has 0 saturated carbocycles. The highest BCUT2D eigenvalue weighted by Gasteiger charge is 2.16. The average Bonchev–Trinajstić information content (AvgIpc) is 2.81. The van der Waals surface area contributed by atoms with Crippen molar-refractivity contribution < 1.29 is 17.6 Å². The molecule has 0 spiro atoms. The van der Waals surface area contributed by atoms with Gasteiger partial charge in [-0.1, -0.05) is 6.07 Å². The maximum Gasteiger partial charge on any atom is 0.332 e. The molecule has 4 rings (SSSR count). The third kappa shape index (κ3) is 4.30. The minimum atomic E-state index is -3.97. The molecule has 0 aliphatic rings. The Morgan fingerprint density at radius 3 is 2.32 bits per heavy atom. The van der Waals surface area contributed by atoms with Gasteiger partial charge in [0, 0.05) is 19.8 Å². The molecule has 0 unspecified atom stereocenters. The zero-order valence-electron chi connectivity index (χ0n) is 17.9. The molecule has 0 aliphatic heterocycles. The summed E-state index contributed by atoms with van der Waals surface area (Å²) in [7, 11) is -1.18. The van der Waals surface area contributed by atoms with E-state index in [0.29, 0.717) is 0 Å². The first-order chi connectivity index (χ1) is 16.1. The molecule has 174 valence electrons. The summed E-state index contributed by atoms with van der Waals surface area (Å²) in [6, 6.07) is 13.1. The minimum Gasteiger partial charge on any atom is -0.321 e. The zero-order valence-corrected chi connectivity index (χ0v) is 18.8. The van der Waals surface area contributed by atoms with Gasteiger partial charge >= 0.3 is 5.69 Å². The summed E-state index contributed by atoms with van der Waals surface area (Å²) in [6.07, 6.45) is 0. The normalized spacial score (nSPS) is 11.4. The van der Waals surface area contributed by atoms with Gasteiger partial charge in [-0.3, -0.25) is 23.4 Å². The van der Waals surface area contributed by atoms with Gasteiger partial charge in [0.05, 0.1) is 16.0 Å². The molecule has 10 nitrogen and oxygen atoms in total. The molecule has 0 bridgehead atoms. The average molecular weight is 483 g/mol. The number of hydrogen-bond acceptors (Lipinski definition) is 6. The summed E-state index contributed by atoms with van der Waals surface area (Å²) < 4.78 is 42.7. The monoisotopic (exact) mass is 483 g/mol. The van der Waals surface area contributed by atoms with Crippen LogP contribution in [-0.4, -0.2) is 28.4 Å². The summed E-state index contributed by atoms with van der Waals surface area (Å²) in [6.45, 7) is 0. The Balaban J connectivity index is 1.55. The van der Waals surface area contributed by atoms with Crippen LogP contribution in [0.25, 0.3) is 11.0 Å². The molecule has 0 atom stereocenters. The van der Waals surface area contributed by atoms with E-state index in [1.807, 2.05) is 0 Å². The number of hydrogen-bond donors (Lipinski definition) is 2. The van der Waals surface area contributed by atoms with Crippen LogP contribution in [0, 0.1) is 5.82 Å². The number of halogens is 1. The van der Waals surface area contributed by atoms with Crippen molar-refractivity contribution in [1.82, 2.24) is 14.1 Å². The Morgan fingerprint density at radius 2 is 1.65 bits per heavy atom. The van der Waals surface area contributed by atoms with Crippen molar-refractivity contribution in [3.05, 3.63) is 93.0 Å². The number of nitrogens with zero attached hydrogens (tertiary/aromatic N) is 3. The maximum atomic E-state index is 13.3. The van der Waals surface area contributed by atoms with E-state index in [2.05, 4.69) is 15.0 Å². The highest BCUT2D eigenvalue weighted by Crippen LogP contribution is 2.19. The number of anilines is 2. The number of rotatable bonds is 5. The molecule has 0 radical (unpaired) electrons. The van der Waals surface area contributed by atoms with Gasteiger partial charge in [-0.05, 0) is 54.6 Å². The van der Waals surface area contributed by atoms with Crippen LogP contribution in [-0.2, 0) is 24.1 Å². The second-order valence-electron chi connectivity index (χ2n) is 7.37. The van der Waals surface area contributed by atoms with Crippen LogP contribution >= 0.6 is 0 Å². The number of aryl methyl sites for hydroxylation is 1. The number of nitrogens with one attached hydrogen (secondary N) is 2. The van der Waals surface area contributed by atoms with Gasteiger partial charge in [0.25, 0.3) is 21.5 Å². The quantitative estimate of drug-likeness (QED) is 0.445. The van der Waals surface area contributed by atoms with E-state index < -0.39 is 33.0 Å². The van der Waals surface area contributed by atoms with Crippen molar-refractivity contribution >= 4 is 38.3 Å². The molecular weight excluding hydrogens is 465 g/mol. The van der Waals surface area contributed by atoms with Crippen LogP contribution in [0.4, 0.5) is 15.8 Å². The second kappa shape index (κ2) is 8.56. The van der Waals surface area contributed by atoms with E-state index in [9.17, 15) is 27.2 Å². The van der Waals surface area contributed by atoms with Crippen molar-refractivity contribution in [2.45, 2.75) is 4.90 Å². The summed E-state index contributed by atoms with van der Waals surface area (Å²) in [4.78, 5) is 41.1. The van der Waals surface area contributed by atoms with E-state index in [-0.39, 0.29) is 33.0 Å². The smallest absolute Gasteiger partial charge is 0.321 e. The van der Waals surface area contributed by atoms with Gasteiger partial charge in [-0.15, -0.1) is 0 Å². The van der Waals surface area contributed by atoms with Crippen LogP contribution < -0.4 is 21.3 Å². The molecule has 0 aliphatic carbocycles. The van der Waals surface area contributed by atoms with Crippen LogP contribution in [0.5, 0.6) is 0 Å². The lowest BCUT2D eigenvalue weighted by Crippen LogP contribution is -2.37. The molecule has 4 aromatic rings. The standard InChI is InChI=1S/C22H18FN5O5S/c1-27-19-17(21(30)28(2)22(27)31)10-11-18(25-19)20(29)24-14-6-8-16(9-7-14)34(32,33)26-15-5-3-4-13(23)12-15/h3-12,26H,1-2H3,(H,24,29). The first kappa shape index (κ1) is 22.9. The summed E-state index contributed by atoms with van der Waals surface area (Å²) in [5.41, 5.74) is -0.725. The fourth-order valence-corrected chi connectivity index (χ4v) is 4.31. The van der Waals surface area contributed by atoms with Gasteiger partial charge in [0.15, 0.2) is 0 Å². The Morgan fingerprint density at radius 1 is 0.941 bits per heavy atom. The number of amides is 1. The van der Waals surface area contributed by atoms with Crippen LogP contribution in [0.3, 0.4) is 0 Å². The molecule has 1 amide bonds. The molecule has 2 heterocycles. The number of carbonyl (C=O) groups excluding carboxylic acids is 1. The van der Waals surface area contributed by atoms with Gasteiger partial charge in [-0.25, -0.2) is 22.6 Å². The van der Waals surface area contributed by atoms with Crippen molar-refractivity contribution in [2.24, 2.45) is 14.1 Å². The van der Waals surface area contributed by atoms with E-state index in [1.165, 1.54) is 73.3 Å². The molecule has 0 fully saturated rings. The third-order valence-corrected chi connectivity index (χ3v) is 6.43. The summed E-state index contributed by atoms with van der Waals surface area (Å²) >= 11 is 0. The van der Waals surface area contributed by atoms with Crippen molar-refractivity contribution in [3.8, 4) is 0 Å². The molecule has 0 saturated heterocycles. The molecule has 34 heavy (non-hydrogen) atoms. The summed E-state index contributed by atoms with van der Waals surface area (Å²) in [5, 5.41) is 2.76. The number of fused-ring (bicyclic) bond motifs is 1. The Kier molecular flexibility index (Phi) is 5.75. The number of sulfonamides is 1. The fourth-order valence-electron chi connectivity index (χ4n) is 3.26. The Bertz CT molecular complexity index is 1660. The Labute approximate surface area is 192 Å². The fraction of sp³-hybridized carbons (Fsp3) is 0.0909. The summed E-state index contributed by atoms with van der Waals surface area (Å²) in [5.74, 6) is -1.20. The van der Waals surface area contributed by atoms with Gasteiger partial charge < -0.3 is 5.32 Å². The highest BCUT2D eigenvalue weighted by atomic mass is 32.2. The highest BCUT2D eigenvalue weighted by molar-refractivity contribution is 7.92. The van der Waals surface area contributed by atoms with Gasteiger partial charge in [0.1, 0.15) is 17.2 Å². The number of carbonyl (C=O) groups is 1. The zero-order chi connectivity index (χ0) is 24.6. The molecule has 2 N–H and O–H groups in total. The first-order valence-electron chi connectivity index (χ1n) is 9.83. The second-order valence-corrected chi connectivity index (χ2v) is 9.05. The number of aromatic nitrogens is 3. The van der Waals surface area contributed by atoms with Crippen LogP contribution in [0.2, 0.25) is 0 Å². The van der Waals surface area contributed by atoms with Crippen LogP contribution in [0.15, 0.2) is 75.1 Å². The molecule has 2 aromatic carbocycles. The largest absolute Gasteiger partial charge is 0.332 e.